The van der Waals surface area contributed by atoms with Gasteiger partial charge in [0.05, 0.1) is 17.1 Å². The molecule has 1 aliphatic rings. The van der Waals surface area contributed by atoms with Crippen LogP contribution in [0.5, 0.6) is 0 Å². The summed E-state index contributed by atoms with van der Waals surface area (Å²) in [6.07, 6.45) is 7.47. The van der Waals surface area contributed by atoms with Gasteiger partial charge in [-0.25, -0.2) is 4.68 Å². The number of aromatic nitrogens is 3. The zero-order valence-electron chi connectivity index (χ0n) is 16.0. The van der Waals surface area contributed by atoms with Crippen LogP contribution in [-0.4, -0.2) is 26.3 Å². The number of fused-ring (bicyclic) bond motifs is 1. The summed E-state index contributed by atoms with van der Waals surface area (Å²) < 4.78 is 2.79. The molecule has 0 bridgehead atoms. The number of carbonyl (C=O) groups is 1. The number of carbonyl (C=O) groups excluding carboxylic acids is 1. The van der Waals surface area contributed by atoms with Gasteiger partial charge in [-0.15, -0.1) is 0 Å². The number of pyridine rings is 1. The second kappa shape index (κ2) is 7.92. The van der Waals surface area contributed by atoms with Crippen molar-refractivity contribution in [2.45, 2.75) is 51.6 Å². The fourth-order valence-corrected chi connectivity index (χ4v) is 3.86. The van der Waals surface area contributed by atoms with E-state index in [4.69, 9.17) is 4.99 Å². The minimum Gasteiger partial charge on any atom is -0.272 e. The van der Waals surface area contributed by atoms with Crippen LogP contribution < -0.4 is 11.0 Å². The molecule has 0 unspecified atom stereocenters. The molecule has 4 rings (SSSR count). The first-order valence-corrected chi connectivity index (χ1v) is 9.84. The van der Waals surface area contributed by atoms with Crippen molar-refractivity contribution in [2.24, 2.45) is 4.99 Å². The highest BCUT2D eigenvalue weighted by atomic mass is 16.2. The molecule has 0 radical (unpaired) electrons. The van der Waals surface area contributed by atoms with Crippen LogP contribution >= 0.6 is 0 Å². The summed E-state index contributed by atoms with van der Waals surface area (Å²) in [5, 5.41) is 5.74. The van der Waals surface area contributed by atoms with Crippen LogP contribution in [0.3, 0.4) is 0 Å². The number of hydrogen-bond donors (Lipinski definition) is 0. The van der Waals surface area contributed by atoms with Crippen molar-refractivity contribution in [1.29, 1.82) is 0 Å². The van der Waals surface area contributed by atoms with Crippen LogP contribution in [0.2, 0.25) is 0 Å². The molecule has 0 N–H and O–H groups in total. The smallest absolute Gasteiger partial charge is 0.272 e. The molecule has 0 amide bonds. The lowest BCUT2D eigenvalue weighted by Gasteiger charge is -2.18. The summed E-state index contributed by atoms with van der Waals surface area (Å²) in [7, 11) is 0. The third-order valence-electron chi connectivity index (χ3n) is 5.33. The molecular formula is C22H24N4O2. The van der Waals surface area contributed by atoms with E-state index in [1.807, 2.05) is 37.3 Å². The molecular weight excluding hydrogens is 352 g/mol. The highest BCUT2D eigenvalue weighted by Gasteiger charge is 2.15. The predicted octanol–water partition coefficient (Wildman–Crippen LogP) is 3.08. The van der Waals surface area contributed by atoms with Crippen molar-refractivity contribution in [3.05, 3.63) is 70.2 Å². The van der Waals surface area contributed by atoms with Gasteiger partial charge in [0.1, 0.15) is 12.0 Å². The van der Waals surface area contributed by atoms with Gasteiger partial charge in [0, 0.05) is 11.6 Å². The highest BCUT2D eigenvalue weighted by Crippen LogP contribution is 2.19. The van der Waals surface area contributed by atoms with E-state index in [1.54, 1.807) is 18.3 Å². The van der Waals surface area contributed by atoms with E-state index < -0.39 is 0 Å². The van der Waals surface area contributed by atoms with Gasteiger partial charge in [-0.2, -0.15) is 5.10 Å². The standard InChI is InChI=1S/C22H24N4O2/c1-16-18-11-5-6-12-19(18)22(28)26(24-16)15-21(27)25-14-8-7-13-20(25)23-17-9-3-2-4-10-17/h5-8,11-14,17H,2-4,9-10,15H2,1H3. The number of benzene rings is 1. The van der Waals surface area contributed by atoms with Gasteiger partial charge < -0.3 is 0 Å². The molecule has 28 heavy (non-hydrogen) atoms. The molecule has 1 aromatic carbocycles. The van der Waals surface area contributed by atoms with Gasteiger partial charge in [0.25, 0.3) is 11.5 Å². The molecule has 0 spiro atoms. The average molecular weight is 376 g/mol. The van der Waals surface area contributed by atoms with Gasteiger partial charge in [0.2, 0.25) is 0 Å². The summed E-state index contributed by atoms with van der Waals surface area (Å²) in [5.74, 6) is -0.223. The molecule has 6 heteroatoms. The van der Waals surface area contributed by atoms with Crippen LogP contribution in [0.4, 0.5) is 0 Å². The summed E-state index contributed by atoms with van der Waals surface area (Å²) in [6.45, 7) is 1.73. The second-order valence-electron chi connectivity index (χ2n) is 7.34. The summed E-state index contributed by atoms with van der Waals surface area (Å²) in [5.41, 5.74) is 1.12. The van der Waals surface area contributed by atoms with Crippen molar-refractivity contribution >= 4 is 16.7 Å². The number of aryl methyl sites for hydroxylation is 1. The third-order valence-corrected chi connectivity index (χ3v) is 5.33. The fourth-order valence-electron chi connectivity index (χ4n) is 3.86. The molecule has 3 aromatic rings. The Morgan fingerprint density at radius 1 is 1.07 bits per heavy atom. The molecule has 144 valence electrons. The SMILES string of the molecule is Cc1nn(CC(=O)n2ccccc2=NC2CCCCC2)c(=O)c2ccccc12. The molecule has 1 aliphatic carbocycles. The first kappa shape index (κ1) is 18.3. The van der Waals surface area contributed by atoms with Crippen LogP contribution in [0.15, 0.2) is 58.4 Å². The fraction of sp³-hybridized carbons (Fsp3) is 0.364. The summed E-state index contributed by atoms with van der Waals surface area (Å²) >= 11 is 0. The normalized spacial score (nSPS) is 15.8. The van der Waals surface area contributed by atoms with Crippen LogP contribution in [0, 0.1) is 6.92 Å². The van der Waals surface area contributed by atoms with E-state index in [0.717, 1.165) is 23.9 Å². The Balaban J connectivity index is 1.69. The van der Waals surface area contributed by atoms with Crippen molar-refractivity contribution in [1.82, 2.24) is 14.3 Å². The van der Waals surface area contributed by atoms with E-state index in [-0.39, 0.29) is 24.1 Å². The van der Waals surface area contributed by atoms with E-state index in [2.05, 4.69) is 5.10 Å². The third kappa shape index (κ3) is 3.67. The maximum Gasteiger partial charge on any atom is 0.275 e. The van der Waals surface area contributed by atoms with E-state index in [9.17, 15) is 9.59 Å². The first-order chi connectivity index (χ1) is 13.6. The number of rotatable bonds is 3. The Hall–Kier alpha value is -3.02. The molecule has 0 aliphatic heterocycles. The molecule has 1 fully saturated rings. The molecule has 6 nitrogen and oxygen atoms in total. The van der Waals surface area contributed by atoms with Crippen LogP contribution in [-0.2, 0) is 6.54 Å². The van der Waals surface area contributed by atoms with Crippen LogP contribution in [0.25, 0.3) is 10.8 Å². The lowest BCUT2D eigenvalue weighted by molar-refractivity contribution is 0.0878. The van der Waals surface area contributed by atoms with Gasteiger partial charge in [-0.05, 0) is 38.0 Å². The van der Waals surface area contributed by atoms with Crippen molar-refractivity contribution in [2.75, 3.05) is 0 Å². The van der Waals surface area contributed by atoms with E-state index in [1.165, 1.54) is 28.5 Å². The Labute approximate surface area is 163 Å². The predicted molar refractivity (Wildman–Crippen MR) is 108 cm³/mol. The molecule has 0 saturated heterocycles. The topological polar surface area (TPSA) is 69.2 Å². The average Bonchev–Trinajstić information content (AvgIpc) is 2.73. The minimum absolute atomic E-state index is 0.119. The molecule has 0 atom stereocenters. The Bertz CT molecular complexity index is 1140. The Morgan fingerprint density at radius 2 is 1.79 bits per heavy atom. The van der Waals surface area contributed by atoms with Crippen molar-refractivity contribution in [3.63, 3.8) is 0 Å². The van der Waals surface area contributed by atoms with Crippen molar-refractivity contribution < 1.29 is 4.79 Å². The molecule has 2 heterocycles. The van der Waals surface area contributed by atoms with E-state index in [0.29, 0.717) is 10.9 Å². The van der Waals surface area contributed by atoms with Crippen LogP contribution in [0.1, 0.15) is 42.6 Å². The largest absolute Gasteiger partial charge is 0.275 e. The minimum atomic E-state index is -0.253. The van der Waals surface area contributed by atoms with Gasteiger partial charge >= 0.3 is 0 Å². The maximum atomic E-state index is 13.0. The Kier molecular flexibility index (Phi) is 5.19. The monoisotopic (exact) mass is 376 g/mol. The lowest BCUT2D eigenvalue weighted by Crippen LogP contribution is -2.35. The zero-order chi connectivity index (χ0) is 19.5. The van der Waals surface area contributed by atoms with Crippen molar-refractivity contribution in [3.8, 4) is 0 Å². The quantitative estimate of drug-likeness (QED) is 0.705. The summed E-state index contributed by atoms with van der Waals surface area (Å²) in [4.78, 5) is 30.5. The maximum absolute atomic E-state index is 13.0. The number of nitrogens with zero attached hydrogens (tertiary/aromatic N) is 4. The highest BCUT2D eigenvalue weighted by molar-refractivity contribution is 5.84. The Morgan fingerprint density at radius 3 is 2.57 bits per heavy atom. The summed E-state index contributed by atoms with van der Waals surface area (Å²) in [6, 6.07) is 13.2. The zero-order valence-corrected chi connectivity index (χ0v) is 16.0. The second-order valence-corrected chi connectivity index (χ2v) is 7.34. The first-order valence-electron chi connectivity index (χ1n) is 9.84. The lowest BCUT2D eigenvalue weighted by atomic mass is 9.96. The van der Waals surface area contributed by atoms with Gasteiger partial charge in [0.15, 0.2) is 0 Å². The van der Waals surface area contributed by atoms with Gasteiger partial charge in [-0.1, -0.05) is 43.5 Å². The molecule has 1 saturated carbocycles. The van der Waals surface area contributed by atoms with E-state index >= 15 is 0 Å². The molecule has 2 aromatic heterocycles. The van der Waals surface area contributed by atoms with Gasteiger partial charge in [-0.3, -0.25) is 19.1 Å². The number of hydrogen-bond acceptors (Lipinski definition) is 4.